The Labute approximate surface area is 172 Å². The first kappa shape index (κ1) is 22.2. The number of carboxylic acids is 1. The number of thiazole rings is 1. The fraction of sp³-hybridized carbons (Fsp3) is 0.368. The number of nitrogens with zero attached hydrogens (tertiary/aromatic N) is 1. The van der Waals surface area contributed by atoms with E-state index in [-0.39, 0.29) is 6.42 Å². The third-order valence-corrected chi connectivity index (χ3v) is 4.42. The standard InChI is InChI=1S/C19H24N4O5S/c1-11(2)10-28-15-6-12(3)4-5-14(15)22-18(27)23-19-21-8-13(29-19)7-16(24)20-9-17(25)26/h4-6,8,11H,7,9-10H2,1-3H3,(H,20,24)(H,25,26)(H2,21,22,23,27). The molecule has 3 amide bonds. The van der Waals surface area contributed by atoms with E-state index in [4.69, 9.17) is 9.84 Å². The second kappa shape index (κ2) is 10.4. The van der Waals surface area contributed by atoms with Crippen LogP contribution in [0.15, 0.2) is 24.4 Å². The molecule has 0 spiro atoms. The summed E-state index contributed by atoms with van der Waals surface area (Å²) >= 11 is 1.13. The maximum atomic E-state index is 12.3. The number of aryl methyl sites for hydroxylation is 1. The molecule has 9 nitrogen and oxygen atoms in total. The number of aromatic nitrogens is 1. The number of rotatable bonds is 9. The molecule has 0 saturated carbocycles. The van der Waals surface area contributed by atoms with Crippen molar-refractivity contribution < 1.29 is 24.2 Å². The molecule has 0 unspecified atom stereocenters. The Kier molecular flexibility index (Phi) is 7.96. The summed E-state index contributed by atoms with van der Waals surface area (Å²) in [4.78, 5) is 39.1. The van der Waals surface area contributed by atoms with Crippen molar-refractivity contribution in [1.82, 2.24) is 10.3 Å². The Morgan fingerprint density at radius 1 is 1.24 bits per heavy atom. The molecule has 1 heterocycles. The number of nitrogens with one attached hydrogen (secondary N) is 3. The molecule has 0 aliphatic rings. The van der Waals surface area contributed by atoms with E-state index in [1.165, 1.54) is 6.20 Å². The van der Waals surface area contributed by atoms with Crippen LogP contribution in [0.5, 0.6) is 5.75 Å². The van der Waals surface area contributed by atoms with Gasteiger partial charge in [0.2, 0.25) is 5.91 Å². The van der Waals surface area contributed by atoms with Crippen molar-refractivity contribution >= 4 is 40.1 Å². The SMILES string of the molecule is Cc1ccc(NC(=O)Nc2ncc(CC(=O)NCC(=O)O)s2)c(OCC(C)C)c1. The zero-order valence-electron chi connectivity index (χ0n) is 16.4. The van der Waals surface area contributed by atoms with Crippen molar-refractivity contribution in [3.8, 4) is 5.75 Å². The van der Waals surface area contributed by atoms with Crippen LogP contribution in [0.25, 0.3) is 0 Å². The van der Waals surface area contributed by atoms with Gasteiger partial charge in [0.1, 0.15) is 12.3 Å². The Hall–Kier alpha value is -3.14. The summed E-state index contributed by atoms with van der Waals surface area (Å²) in [6, 6.07) is 5.01. The summed E-state index contributed by atoms with van der Waals surface area (Å²) in [7, 11) is 0. The van der Waals surface area contributed by atoms with Crippen LogP contribution >= 0.6 is 11.3 Å². The van der Waals surface area contributed by atoms with Crippen LogP contribution < -0.4 is 20.7 Å². The monoisotopic (exact) mass is 420 g/mol. The van der Waals surface area contributed by atoms with E-state index < -0.39 is 24.5 Å². The molecule has 0 bridgehead atoms. The van der Waals surface area contributed by atoms with Crippen molar-refractivity contribution in [3.05, 3.63) is 34.8 Å². The van der Waals surface area contributed by atoms with E-state index in [2.05, 4.69) is 20.9 Å². The Morgan fingerprint density at radius 3 is 2.69 bits per heavy atom. The molecule has 1 aromatic heterocycles. The third kappa shape index (κ3) is 7.78. The molecular weight excluding hydrogens is 396 g/mol. The van der Waals surface area contributed by atoms with Gasteiger partial charge < -0.3 is 20.5 Å². The first-order chi connectivity index (χ1) is 13.7. The first-order valence-electron chi connectivity index (χ1n) is 8.97. The van der Waals surface area contributed by atoms with Crippen LogP contribution in [0.1, 0.15) is 24.3 Å². The van der Waals surface area contributed by atoms with E-state index >= 15 is 0 Å². The molecule has 0 radical (unpaired) electrons. The van der Waals surface area contributed by atoms with Crippen LogP contribution in [-0.4, -0.2) is 41.1 Å². The van der Waals surface area contributed by atoms with Gasteiger partial charge in [0.25, 0.3) is 0 Å². The minimum atomic E-state index is -1.12. The number of hydrogen-bond acceptors (Lipinski definition) is 6. The van der Waals surface area contributed by atoms with Crippen LogP contribution in [0.2, 0.25) is 0 Å². The largest absolute Gasteiger partial charge is 0.491 e. The fourth-order valence-electron chi connectivity index (χ4n) is 2.20. The summed E-state index contributed by atoms with van der Waals surface area (Å²) in [6.07, 6.45) is 1.45. The van der Waals surface area contributed by atoms with Crippen molar-refractivity contribution in [3.63, 3.8) is 0 Å². The number of hydrogen-bond donors (Lipinski definition) is 4. The lowest BCUT2D eigenvalue weighted by Crippen LogP contribution is -2.30. The highest BCUT2D eigenvalue weighted by Gasteiger charge is 2.13. The van der Waals surface area contributed by atoms with Gasteiger partial charge in [0.05, 0.1) is 18.7 Å². The number of ether oxygens (including phenoxy) is 1. The Morgan fingerprint density at radius 2 is 2.00 bits per heavy atom. The number of carbonyl (C=O) groups excluding carboxylic acids is 2. The molecule has 0 saturated heterocycles. The lowest BCUT2D eigenvalue weighted by Gasteiger charge is -2.14. The molecule has 10 heteroatoms. The van der Waals surface area contributed by atoms with Crippen molar-refractivity contribution in [2.24, 2.45) is 5.92 Å². The summed E-state index contributed by atoms with van der Waals surface area (Å²) in [5.41, 5.74) is 1.55. The number of anilines is 2. The highest BCUT2D eigenvalue weighted by Crippen LogP contribution is 2.27. The van der Waals surface area contributed by atoms with Crippen LogP contribution in [0.4, 0.5) is 15.6 Å². The van der Waals surface area contributed by atoms with Gasteiger partial charge in [-0.25, -0.2) is 9.78 Å². The fourth-order valence-corrected chi connectivity index (χ4v) is 3.01. The van der Waals surface area contributed by atoms with E-state index in [1.807, 2.05) is 32.9 Å². The lowest BCUT2D eigenvalue weighted by molar-refractivity contribution is -0.137. The van der Waals surface area contributed by atoms with E-state index in [0.717, 1.165) is 16.9 Å². The molecule has 29 heavy (non-hydrogen) atoms. The second-order valence-electron chi connectivity index (χ2n) is 6.76. The number of carbonyl (C=O) groups is 3. The van der Waals surface area contributed by atoms with Gasteiger partial charge in [-0.15, -0.1) is 11.3 Å². The molecule has 0 atom stereocenters. The molecule has 0 aliphatic heterocycles. The summed E-state index contributed by atoms with van der Waals surface area (Å²) in [5.74, 6) is -0.615. The van der Waals surface area contributed by atoms with Gasteiger partial charge in [-0.3, -0.25) is 14.9 Å². The molecule has 4 N–H and O–H groups in total. The number of carboxylic acid groups (broad SMARTS) is 1. The predicted molar refractivity (Wildman–Crippen MR) is 111 cm³/mol. The lowest BCUT2D eigenvalue weighted by atomic mass is 10.2. The second-order valence-corrected chi connectivity index (χ2v) is 7.88. The predicted octanol–water partition coefficient (Wildman–Crippen LogP) is 2.87. The quantitative estimate of drug-likeness (QED) is 0.494. The highest BCUT2D eigenvalue weighted by atomic mass is 32.1. The number of urea groups is 1. The summed E-state index contributed by atoms with van der Waals surface area (Å²) in [5, 5.41) is 16.5. The van der Waals surface area contributed by atoms with Gasteiger partial charge in [-0.1, -0.05) is 19.9 Å². The Balaban J connectivity index is 1.94. The minimum absolute atomic E-state index is 0.0145. The van der Waals surface area contributed by atoms with Gasteiger partial charge in [0.15, 0.2) is 5.13 Å². The van der Waals surface area contributed by atoms with E-state index in [1.54, 1.807) is 6.07 Å². The van der Waals surface area contributed by atoms with Gasteiger partial charge >= 0.3 is 12.0 Å². The van der Waals surface area contributed by atoms with Crippen LogP contribution in [0, 0.1) is 12.8 Å². The third-order valence-electron chi connectivity index (χ3n) is 3.50. The normalized spacial score (nSPS) is 10.5. The average Bonchev–Trinajstić information content (AvgIpc) is 3.06. The zero-order valence-corrected chi connectivity index (χ0v) is 17.3. The number of aliphatic carboxylic acids is 1. The number of benzene rings is 1. The Bertz CT molecular complexity index is 881. The molecule has 0 fully saturated rings. The summed E-state index contributed by atoms with van der Waals surface area (Å²) in [6.45, 7) is 6.10. The van der Waals surface area contributed by atoms with E-state index in [9.17, 15) is 14.4 Å². The molecule has 1 aromatic carbocycles. The van der Waals surface area contributed by atoms with Crippen molar-refractivity contribution in [2.75, 3.05) is 23.8 Å². The van der Waals surface area contributed by atoms with Crippen LogP contribution in [-0.2, 0) is 16.0 Å². The maximum Gasteiger partial charge on any atom is 0.325 e. The molecule has 2 rings (SSSR count). The van der Waals surface area contributed by atoms with Crippen LogP contribution in [0.3, 0.4) is 0 Å². The molecule has 0 aliphatic carbocycles. The van der Waals surface area contributed by atoms with Gasteiger partial charge in [-0.2, -0.15) is 0 Å². The maximum absolute atomic E-state index is 12.3. The van der Waals surface area contributed by atoms with Crippen molar-refractivity contribution in [2.45, 2.75) is 27.2 Å². The summed E-state index contributed by atoms with van der Waals surface area (Å²) < 4.78 is 5.78. The van der Waals surface area contributed by atoms with Gasteiger partial charge in [0, 0.05) is 11.1 Å². The zero-order chi connectivity index (χ0) is 21.4. The van der Waals surface area contributed by atoms with Gasteiger partial charge in [-0.05, 0) is 30.5 Å². The molecular formula is C19H24N4O5S. The highest BCUT2D eigenvalue weighted by molar-refractivity contribution is 7.15. The minimum Gasteiger partial charge on any atom is -0.491 e. The molecule has 2 aromatic rings. The topological polar surface area (TPSA) is 130 Å². The van der Waals surface area contributed by atoms with Crippen molar-refractivity contribution in [1.29, 1.82) is 0 Å². The smallest absolute Gasteiger partial charge is 0.325 e. The number of amides is 3. The van der Waals surface area contributed by atoms with E-state index in [0.29, 0.717) is 34.0 Å². The molecule has 156 valence electrons. The first-order valence-corrected chi connectivity index (χ1v) is 9.79. The average molecular weight is 420 g/mol.